The molecule has 0 aliphatic heterocycles. The Morgan fingerprint density at radius 2 is 2.11 bits per heavy atom. The van der Waals surface area contributed by atoms with E-state index in [4.69, 9.17) is 11.6 Å². The first-order valence-corrected chi connectivity index (χ1v) is 8.70. The molecule has 1 aliphatic carbocycles. The van der Waals surface area contributed by atoms with E-state index in [0.717, 1.165) is 24.8 Å². The highest BCUT2D eigenvalue weighted by Crippen LogP contribution is 2.31. The zero-order valence-corrected chi connectivity index (χ0v) is 12.8. The van der Waals surface area contributed by atoms with Gasteiger partial charge in [0.25, 0.3) is 0 Å². The van der Waals surface area contributed by atoms with E-state index in [1.807, 2.05) is 13.0 Å². The fourth-order valence-corrected chi connectivity index (χ4v) is 3.93. The van der Waals surface area contributed by atoms with Gasteiger partial charge >= 0.3 is 0 Å². The number of hydrogen-bond acceptors (Lipinski definition) is 2. The molecule has 0 radical (unpaired) electrons. The molecule has 0 amide bonds. The predicted molar refractivity (Wildman–Crippen MR) is 77.8 cm³/mol. The standard InChI is InChI=1S/C14H20ClNO2S/c1-2-8-16(11-12-6-7-12)19(17,18)14-5-3-4-13(9-14)10-15/h3-5,9,12H,2,6-8,10-11H2,1H3. The van der Waals surface area contributed by atoms with Crippen LogP contribution in [0.2, 0.25) is 0 Å². The first kappa shape index (κ1) is 14.8. The van der Waals surface area contributed by atoms with E-state index in [2.05, 4.69) is 0 Å². The number of sulfonamides is 1. The molecule has 106 valence electrons. The van der Waals surface area contributed by atoms with Crippen LogP contribution in [0.25, 0.3) is 0 Å². The SMILES string of the molecule is CCCN(CC1CC1)S(=O)(=O)c1cccc(CCl)c1. The van der Waals surface area contributed by atoms with Crippen LogP contribution in [0.3, 0.4) is 0 Å². The minimum Gasteiger partial charge on any atom is -0.207 e. The average Bonchev–Trinajstić information content (AvgIpc) is 3.22. The van der Waals surface area contributed by atoms with E-state index in [-0.39, 0.29) is 0 Å². The summed E-state index contributed by atoms with van der Waals surface area (Å²) < 4.78 is 26.9. The Kier molecular flexibility index (Phi) is 4.87. The van der Waals surface area contributed by atoms with Crippen molar-refractivity contribution in [3.05, 3.63) is 29.8 Å². The Hall–Kier alpha value is -0.580. The summed E-state index contributed by atoms with van der Waals surface area (Å²) in [5.74, 6) is 0.886. The molecule has 0 heterocycles. The van der Waals surface area contributed by atoms with E-state index in [1.165, 1.54) is 0 Å². The van der Waals surface area contributed by atoms with Crippen molar-refractivity contribution in [3.8, 4) is 0 Å². The molecule has 2 rings (SSSR count). The molecule has 0 unspecified atom stereocenters. The largest absolute Gasteiger partial charge is 0.243 e. The van der Waals surface area contributed by atoms with E-state index >= 15 is 0 Å². The van der Waals surface area contributed by atoms with Gasteiger partial charge in [0.15, 0.2) is 0 Å². The van der Waals surface area contributed by atoms with Crippen LogP contribution in [0, 0.1) is 5.92 Å². The highest BCUT2D eigenvalue weighted by Gasteiger charge is 2.31. The summed E-state index contributed by atoms with van der Waals surface area (Å²) in [6, 6.07) is 6.93. The van der Waals surface area contributed by atoms with Gasteiger partial charge in [0, 0.05) is 19.0 Å². The smallest absolute Gasteiger partial charge is 0.207 e. The predicted octanol–water partition coefficient (Wildman–Crippen LogP) is 3.24. The minimum absolute atomic E-state index is 0.333. The van der Waals surface area contributed by atoms with E-state index < -0.39 is 10.0 Å². The number of benzene rings is 1. The van der Waals surface area contributed by atoms with Gasteiger partial charge in [-0.3, -0.25) is 0 Å². The highest BCUT2D eigenvalue weighted by atomic mass is 35.5. The Balaban J connectivity index is 2.25. The summed E-state index contributed by atoms with van der Waals surface area (Å²) in [4.78, 5) is 0.361. The molecule has 1 aromatic carbocycles. The van der Waals surface area contributed by atoms with Crippen molar-refractivity contribution in [3.63, 3.8) is 0 Å². The highest BCUT2D eigenvalue weighted by molar-refractivity contribution is 7.89. The third-order valence-electron chi connectivity index (χ3n) is 3.32. The lowest BCUT2D eigenvalue weighted by Gasteiger charge is -2.21. The molecule has 0 saturated heterocycles. The van der Waals surface area contributed by atoms with Crippen LogP contribution in [-0.2, 0) is 15.9 Å². The molecule has 1 aromatic rings. The van der Waals surface area contributed by atoms with Gasteiger partial charge in [-0.05, 0) is 42.9 Å². The number of hydrogen-bond donors (Lipinski definition) is 0. The summed E-state index contributed by atoms with van der Waals surface area (Å²) >= 11 is 5.78. The van der Waals surface area contributed by atoms with Crippen LogP contribution in [0.5, 0.6) is 0 Å². The van der Waals surface area contributed by atoms with E-state index in [9.17, 15) is 8.42 Å². The number of nitrogens with zero attached hydrogens (tertiary/aromatic N) is 1. The summed E-state index contributed by atoms with van der Waals surface area (Å²) in [6.07, 6.45) is 3.13. The van der Waals surface area contributed by atoms with Crippen molar-refractivity contribution in [1.29, 1.82) is 0 Å². The van der Waals surface area contributed by atoms with Gasteiger partial charge in [-0.15, -0.1) is 11.6 Å². The van der Waals surface area contributed by atoms with Gasteiger partial charge in [-0.1, -0.05) is 19.1 Å². The molecule has 0 atom stereocenters. The monoisotopic (exact) mass is 301 g/mol. The zero-order chi connectivity index (χ0) is 13.9. The van der Waals surface area contributed by atoms with Crippen molar-refractivity contribution < 1.29 is 8.42 Å². The van der Waals surface area contributed by atoms with Crippen molar-refractivity contribution in [2.45, 2.75) is 37.0 Å². The van der Waals surface area contributed by atoms with Crippen LogP contribution >= 0.6 is 11.6 Å². The zero-order valence-electron chi connectivity index (χ0n) is 11.2. The van der Waals surface area contributed by atoms with Crippen molar-refractivity contribution >= 4 is 21.6 Å². The molecule has 1 saturated carbocycles. The van der Waals surface area contributed by atoms with Gasteiger partial charge in [0.2, 0.25) is 10.0 Å². The van der Waals surface area contributed by atoms with Gasteiger partial charge in [0.05, 0.1) is 4.90 Å². The van der Waals surface area contributed by atoms with Crippen LogP contribution in [-0.4, -0.2) is 25.8 Å². The van der Waals surface area contributed by atoms with Gasteiger partial charge < -0.3 is 0 Å². The minimum atomic E-state index is -3.38. The lowest BCUT2D eigenvalue weighted by molar-refractivity contribution is 0.395. The summed E-state index contributed by atoms with van der Waals surface area (Å²) in [5, 5.41) is 0. The van der Waals surface area contributed by atoms with Gasteiger partial charge in [-0.2, -0.15) is 4.31 Å². The summed E-state index contributed by atoms with van der Waals surface area (Å²) in [7, 11) is -3.38. The molecule has 19 heavy (non-hydrogen) atoms. The van der Waals surface area contributed by atoms with Crippen LogP contribution in [0.4, 0.5) is 0 Å². The van der Waals surface area contributed by atoms with Crippen LogP contribution in [0.1, 0.15) is 31.7 Å². The Bertz CT molecular complexity index is 526. The first-order valence-electron chi connectivity index (χ1n) is 6.73. The fourth-order valence-electron chi connectivity index (χ4n) is 2.09. The third kappa shape index (κ3) is 3.71. The second kappa shape index (κ2) is 6.25. The van der Waals surface area contributed by atoms with Crippen LogP contribution < -0.4 is 0 Å². The third-order valence-corrected chi connectivity index (χ3v) is 5.49. The second-order valence-corrected chi connectivity index (χ2v) is 7.29. The molecule has 0 aromatic heterocycles. The maximum Gasteiger partial charge on any atom is 0.243 e. The van der Waals surface area contributed by atoms with Crippen molar-refractivity contribution in [2.24, 2.45) is 5.92 Å². The lowest BCUT2D eigenvalue weighted by atomic mass is 10.2. The van der Waals surface area contributed by atoms with E-state index in [0.29, 0.717) is 29.8 Å². The number of rotatable bonds is 7. The van der Waals surface area contributed by atoms with Crippen molar-refractivity contribution in [1.82, 2.24) is 4.31 Å². The molecular weight excluding hydrogens is 282 g/mol. The molecule has 1 aliphatic rings. The topological polar surface area (TPSA) is 37.4 Å². The molecule has 5 heteroatoms. The Labute approximate surface area is 120 Å². The van der Waals surface area contributed by atoms with Gasteiger partial charge in [0.1, 0.15) is 0 Å². The maximum absolute atomic E-state index is 12.6. The maximum atomic E-state index is 12.6. The second-order valence-electron chi connectivity index (χ2n) is 5.09. The van der Waals surface area contributed by atoms with E-state index in [1.54, 1.807) is 22.5 Å². The fraction of sp³-hybridized carbons (Fsp3) is 0.571. The number of alkyl halides is 1. The molecular formula is C14H20ClNO2S. The van der Waals surface area contributed by atoms with Crippen LogP contribution in [0.15, 0.2) is 29.2 Å². The Morgan fingerprint density at radius 3 is 2.68 bits per heavy atom. The summed E-state index contributed by atoms with van der Waals surface area (Å²) in [6.45, 7) is 3.25. The van der Waals surface area contributed by atoms with Crippen molar-refractivity contribution in [2.75, 3.05) is 13.1 Å². The number of halogens is 1. The Morgan fingerprint density at radius 1 is 1.37 bits per heavy atom. The normalized spacial score (nSPS) is 15.9. The quantitative estimate of drug-likeness (QED) is 0.725. The lowest BCUT2D eigenvalue weighted by Crippen LogP contribution is -2.33. The van der Waals surface area contributed by atoms with Gasteiger partial charge in [-0.25, -0.2) is 8.42 Å². The average molecular weight is 302 g/mol. The first-order chi connectivity index (χ1) is 9.07. The molecule has 1 fully saturated rings. The molecule has 0 N–H and O–H groups in total. The molecule has 0 spiro atoms. The summed E-state index contributed by atoms with van der Waals surface area (Å²) in [5.41, 5.74) is 0.839. The molecule has 3 nitrogen and oxygen atoms in total. The molecule has 0 bridgehead atoms.